The first-order valence-electron chi connectivity index (χ1n) is 7.22. The van der Waals surface area contributed by atoms with Gasteiger partial charge in [-0.25, -0.2) is 0 Å². The van der Waals surface area contributed by atoms with Crippen molar-refractivity contribution in [2.75, 3.05) is 6.54 Å². The second-order valence-electron chi connectivity index (χ2n) is 5.02. The van der Waals surface area contributed by atoms with E-state index < -0.39 is 0 Å². The van der Waals surface area contributed by atoms with Crippen molar-refractivity contribution in [1.82, 2.24) is 10.3 Å². The molecule has 1 unspecified atom stereocenters. The van der Waals surface area contributed by atoms with E-state index in [2.05, 4.69) is 10.3 Å². The van der Waals surface area contributed by atoms with Gasteiger partial charge in [-0.05, 0) is 30.0 Å². The van der Waals surface area contributed by atoms with Gasteiger partial charge in [0.2, 0.25) is 5.91 Å². The first-order valence-corrected chi connectivity index (χ1v) is 7.22. The summed E-state index contributed by atoms with van der Waals surface area (Å²) in [6.07, 6.45) is 5.46. The summed E-state index contributed by atoms with van der Waals surface area (Å²) in [5.74, 6) is 0.0465. The number of hydrogen-bond donors (Lipinski definition) is 2. The van der Waals surface area contributed by atoms with E-state index in [1.54, 1.807) is 6.20 Å². The summed E-state index contributed by atoms with van der Waals surface area (Å²) in [4.78, 5) is 15.8. The number of rotatable bonds is 7. The third-order valence-electron chi connectivity index (χ3n) is 3.37. The average molecular weight is 283 g/mol. The van der Waals surface area contributed by atoms with Gasteiger partial charge in [0.15, 0.2) is 0 Å². The van der Waals surface area contributed by atoms with Crippen LogP contribution in [0.2, 0.25) is 0 Å². The number of aromatic nitrogens is 1. The van der Waals surface area contributed by atoms with Gasteiger partial charge in [-0.1, -0.05) is 36.4 Å². The van der Waals surface area contributed by atoms with Crippen molar-refractivity contribution in [3.8, 4) is 0 Å². The lowest BCUT2D eigenvalue weighted by Gasteiger charge is -2.11. The molecule has 0 saturated heterocycles. The molecule has 0 spiro atoms. The molecule has 0 aliphatic carbocycles. The number of amides is 1. The Labute approximate surface area is 125 Å². The second-order valence-corrected chi connectivity index (χ2v) is 5.02. The molecule has 1 heterocycles. The summed E-state index contributed by atoms with van der Waals surface area (Å²) < 4.78 is 0. The second kappa shape index (κ2) is 8.17. The molecule has 0 fully saturated rings. The lowest BCUT2D eigenvalue weighted by molar-refractivity contribution is -0.121. The van der Waals surface area contributed by atoms with Gasteiger partial charge in [-0.2, -0.15) is 0 Å². The average Bonchev–Trinajstić information content (AvgIpc) is 2.54. The quantitative estimate of drug-likeness (QED) is 0.818. The molecule has 3 N–H and O–H groups in total. The summed E-state index contributed by atoms with van der Waals surface area (Å²) >= 11 is 0. The lowest BCUT2D eigenvalue weighted by Crippen LogP contribution is -2.26. The fourth-order valence-corrected chi connectivity index (χ4v) is 2.13. The fourth-order valence-electron chi connectivity index (χ4n) is 2.13. The van der Waals surface area contributed by atoms with E-state index in [-0.39, 0.29) is 11.9 Å². The highest BCUT2D eigenvalue weighted by atomic mass is 16.1. The Morgan fingerprint density at radius 3 is 2.71 bits per heavy atom. The highest BCUT2D eigenvalue weighted by Crippen LogP contribution is 2.14. The number of nitrogens with zero attached hydrogens (tertiary/aromatic N) is 1. The van der Waals surface area contributed by atoms with Gasteiger partial charge in [0, 0.05) is 31.4 Å². The van der Waals surface area contributed by atoms with Crippen LogP contribution < -0.4 is 11.1 Å². The molecule has 2 aromatic rings. The van der Waals surface area contributed by atoms with Crippen LogP contribution in [0.5, 0.6) is 0 Å². The van der Waals surface area contributed by atoms with E-state index in [9.17, 15) is 4.79 Å². The number of pyridine rings is 1. The number of hydrogen-bond acceptors (Lipinski definition) is 3. The van der Waals surface area contributed by atoms with Crippen LogP contribution in [0.3, 0.4) is 0 Å². The molecule has 4 nitrogen and oxygen atoms in total. The molecule has 21 heavy (non-hydrogen) atoms. The summed E-state index contributed by atoms with van der Waals surface area (Å²) in [7, 11) is 0. The third kappa shape index (κ3) is 5.36. The SMILES string of the molecule is NC(CCC(=O)NCCc1cccnc1)c1ccccc1. The van der Waals surface area contributed by atoms with Crippen LogP contribution in [0.15, 0.2) is 54.9 Å². The van der Waals surface area contributed by atoms with Crippen molar-refractivity contribution in [3.05, 3.63) is 66.0 Å². The Balaban J connectivity index is 1.66. The zero-order valence-corrected chi connectivity index (χ0v) is 12.0. The largest absolute Gasteiger partial charge is 0.356 e. The zero-order valence-electron chi connectivity index (χ0n) is 12.0. The molecule has 0 aliphatic heterocycles. The Kier molecular flexibility index (Phi) is 5.91. The van der Waals surface area contributed by atoms with Gasteiger partial charge in [0.1, 0.15) is 0 Å². The Morgan fingerprint density at radius 1 is 1.19 bits per heavy atom. The van der Waals surface area contributed by atoms with Gasteiger partial charge < -0.3 is 11.1 Å². The number of carbonyl (C=O) groups is 1. The van der Waals surface area contributed by atoms with E-state index in [0.717, 1.165) is 17.5 Å². The summed E-state index contributed by atoms with van der Waals surface area (Å²) in [5.41, 5.74) is 8.27. The summed E-state index contributed by atoms with van der Waals surface area (Å²) in [6.45, 7) is 0.630. The van der Waals surface area contributed by atoms with Gasteiger partial charge in [0.25, 0.3) is 0 Å². The monoisotopic (exact) mass is 283 g/mol. The molecule has 4 heteroatoms. The van der Waals surface area contributed by atoms with Crippen LogP contribution in [0.4, 0.5) is 0 Å². The molecule has 110 valence electrons. The van der Waals surface area contributed by atoms with E-state index in [1.807, 2.05) is 48.7 Å². The van der Waals surface area contributed by atoms with Crippen LogP contribution in [0.25, 0.3) is 0 Å². The predicted octanol–water partition coefficient (Wildman–Crippen LogP) is 2.22. The Hall–Kier alpha value is -2.20. The van der Waals surface area contributed by atoms with E-state index in [0.29, 0.717) is 19.4 Å². The van der Waals surface area contributed by atoms with Crippen LogP contribution in [0.1, 0.15) is 30.0 Å². The maximum atomic E-state index is 11.8. The molecule has 1 aromatic carbocycles. The standard InChI is InChI=1S/C17H21N3O/c18-16(15-6-2-1-3-7-15)8-9-17(21)20-12-10-14-5-4-11-19-13-14/h1-7,11,13,16H,8-10,12,18H2,(H,20,21). The summed E-state index contributed by atoms with van der Waals surface area (Å²) in [5, 5.41) is 2.92. The number of nitrogens with two attached hydrogens (primary N) is 1. The first kappa shape index (κ1) is 15.2. The maximum Gasteiger partial charge on any atom is 0.220 e. The van der Waals surface area contributed by atoms with Gasteiger partial charge in [-0.3, -0.25) is 9.78 Å². The number of carbonyl (C=O) groups excluding carboxylic acids is 1. The van der Waals surface area contributed by atoms with E-state index in [1.165, 1.54) is 0 Å². The smallest absolute Gasteiger partial charge is 0.220 e. The maximum absolute atomic E-state index is 11.8. The molecular formula is C17H21N3O. The van der Waals surface area contributed by atoms with Crippen LogP contribution in [-0.4, -0.2) is 17.4 Å². The van der Waals surface area contributed by atoms with Crippen LogP contribution >= 0.6 is 0 Å². The predicted molar refractivity (Wildman–Crippen MR) is 83.6 cm³/mol. The van der Waals surface area contributed by atoms with Crippen molar-refractivity contribution >= 4 is 5.91 Å². The molecule has 1 aromatic heterocycles. The molecule has 0 aliphatic rings. The molecular weight excluding hydrogens is 262 g/mol. The first-order chi connectivity index (χ1) is 10.3. The molecule has 0 bridgehead atoms. The highest BCUT2D eigenvalue weighted by Gasteiger charge is 2.08. The van der Waals surface area contributed by atoms with Crippen molar-refractivity contribution in [2.24, 2.45) is 5.73 Å². The van der Waals surface area contributed by atoms with Gasteiger partial charge in [-0.15, -0.1) is 0 Å². The minimum absolute atomic E-state index is 0.0465. The molecule has 0 radical (unpaired) electrons. The number of nitrogens with one attached hydrogen (secondary N) is 1. The minimum atomic E-state index is -0.0877. The van der Waals surface area contributed by atoms with Crippen molar-refractivity contribution in [3.63, 3.8) is 0 Å². The van der Waals surface area contributed by atoms with Crippen molar-refractivity contribution in [2.45, 2.75) is 25.3 Å². The summed E-state index contributed by atoms with van der Waals surface area (Å²) in [6, 6.07) is 13.7. The lowest BCUT2D eigenvalue weighted by atomic mass is 10.0. The molecule has 0 saturated carbocycles. The Bertz CT molecular complexity index is 542. The van der Waals surface area contributed by atoms with Gasteiger partial charge >= 0.3 is 0 Å². The Morgan fingerprint density at radius 2 is 2.00 bits per heavy atom. The molecule has 2 rings (SSSR count). The number of benzene rings is 1. The minimum Gasteiger partial charge on any atom is -0.356 e. The highest BCUT2D eigenvalue weighted by molar-refractivity contribution is 5.75. The van der Waals surface area contributed by atoms with Crippen LogP contribution in [0, 0.1) is 0 Å². The molecule has 1 atom stereocenters. The van der Waals surface area contributed by atoms with E-state index in [4.69, 9.17) is 5.73 Å². The topological polar surface area (TPSA) is 68.0 Å². The van der Waals surface area contributed by atoms with Crippen LogP contribution in [-0.2, 0) is 11.2 Å². The zero-order chi connectivity index (χ0) is 14.9. The van der Waals surface area contributed by atoms with Crippen molar-refractivity contribution in [1.29, 1.82) is 0 Å². The van der Waals surface area contributed by atoms with E-state index >= 15 is 0 Å². The van der Waals surface area contributed by atoms with Crippen molar-refractivity contribution < 1.29 is 4.79 Å². The fraction of sp³-hybridized carbons (Fsp3) is 0.294. The van der Waals surface area contributed by atoms with Gasteiger partial charge in [0.05, 0.1) is 0 Å². The normalized spacial score (nSPS) is 11.9. The third-order valence-corrected chi connectivity index (χ3v) is 3.37. The molecule has 1 amide bonds.